The Hall–Kier alpha value is -2.57. The molecular formula is C19H26N4O3. The number of fused-ring (bicyclic) bond motifs is 1. The van der Waals surface area contributed by atoms with Crippen LogP contribution >= 0.6 is 0 Å². The molecule has 2 N–H and O–H groups in total. The first-order valence-corrected chi connectivity index (χ1v) is 9.12. The summed E-state index contributed by atoms with van der Waals surface area (Å²) in [5.41, 5.74) is 1.57. The van der Waals surface area contributed by atoms with Crippen LogP contribution in [0.2, 0.25) is 0 Å². The number of amides is 4. The number of rotatable bonds is 3. The van der Waals surface area contributed by atoms with E-state index in [1.807, 2.05) is 26.8 Å². The molecule has 3 rings (SSSR count). The number of carbonyl (C=O) groups excluding carboxylic acids is 3. The normalized spacial score (nSPS) is 18.3. The summed E-state index contributed by atoms with van der Waals surface area (Å²) in [7, 11) is 0. The third kappa shape index (κ3) is 3.25. The number of nitrogens with zero attached hydrogens (tertiary/aromatic N) is 2. The predicted octanol–water partition coefficient (Wildman–Crippen LogP) is 1.79. The van der Waals surface area contributed by atoms with Gasteiger partial charge in [0.05, 0.1) is 5.41 Å². The van der Waals surface area contributed by atoms with Crippen LogP contribution in [0.5, 0.6) is 0 Å². The van der Waals surface area contributed by atoms with E-state index in [2.05, 4.69) is 10.6 Å². The number of urea groups is 1. The molecule has 140 valence electrons. The SMILES string of the molecule is CCCNC(=O)N1CCN(C(=O)c2ccc3c(c2)C(C)(C)C(=O)N3)CC1. The van der Waals surface area contributed by atoms with Crippen molar-refractivity contribution in [2.24, 2.45) is 0 Å². The fraction of sp³-hybridized carbons (Fsp3) is 0.526. The van der Waals surface area contributed by atoms with Crippen LogP contribution in [0, 0.1) is 0 Å². The third-order valence-electron chi connectivity index (χ3n) is 5.14. The average molecular weight is 358 g/mol. The van der Waals surface area contributed by atoms with E-state index in [4.69, 9.17) is 0 Å². The third-order valence-corrected chi connectivity index (χ3v) is 5.14. The van der Waals surface area contributed by atoms with Crippen molar-refractivity contribution in [1.29, 1.82) is 0 Å². The van der Waals surface area contributed by atoms with Crippen LogP contribution < -0.4 is 10.6 Å². The lowest BCUT2D eigenvalue weighted by Crippen LogP contribution is -2.53. The standard InChI is InChI=1S/C19H26N4O3/c1-4-7-20-18(26)23-10-8-22(9-11-23)16(24)13-5-6-15-14(12-13)19(2,3)17(25)21-15/h5-6,12H,4,7-11H2,1-3H3,(H,20,26)(H,21,25). The summed E-state index contributed by atoms with van der Waals surface area (Å²) < 4.78 is 0. The van der Waals surface area contributed by atoms with Crippen molar-refractivity contribution in [2.45, 2.75) is 32.6 Å². The number of anilines is 1. The molecule has 1 fully saturated rings. The minimum absolute atomic E-state index is 0.0520. The van der Waals surface area contributed by atoms with Crippen molar-refractivity contribution in [3.8, 4) is 0 Å². The molecule has 0 aliphatic carbocycles. The van der Waals surface area contributed by atoms with Gasteiger partial charge in [0.2, 0.25) is 5.91 Å². The summed E-state index contributed by atoms with van der Waals surface area (Å²) in [4.78, 5) is 40.4. The minimum atomic E-state index is -0.637. The Balaban J connectivity index is 1.66. The quantitative estimate of drug-likeness (QED) is 0.864. The van der Waals surface area contributed by atoms with Crippen LogP contribution in [0.1, 0.15) is 43.1 Å². The Morgan fingerprint density at radius 2 is 1.81 bits per heavy atom. The van der Waals surface area contributed by atoms with Crippen molar-refractivity contribution < 1.29 is 14.4 Å². The van der Waals surface area contributed by atoms with Crippen LogP contribution in [-0.4, -0.2) is 60.4 Å². The first-order chi connectivity index (χ1) is 12.3. The molecule has 1 aromatic carbocycles. The lowest BCUT2D eigenvalue weighted by molar-refractivity contribution is -0.119. The van der Waals surface area contributed by atoms with Gasteiger partial charge in [-0.15, -0.1) is 0 Å². The fourth-order valence-electron chi connectivity index (χ4n) is 3.34. The summed E-state index contributed by atoms with van der Waals surface area (Å²) in [6.07, 6.45) is 0.899. The van der Waals surface area contributed by atoms with E-state index in [0.717, 1.165) is 17.7 Å². The van der Waals surface area contributed by atoms with Gasteiger partial charge in [0.15, 0.2) is 0 Å². The van der Waals surface area contributed by atoms with E-state index >= 15 is 0 Å². The van der Waals surface area contributed by atoms with E-state index < -0.39 is 5.41 Å². The number of nitrogens with one attached hydrogen (secondary N) is 2. The summed E-state index contributed by atoms with van der Waals surface area (Å²) in [6.45, 7) is 8.46. The Kier molecular flexibility index (Phi) is 4.89. The van der Waals surface area contributed by atoms with Crippen molar-refractivity contribution >= 4 is 23.5 Å². The van der Waals surface area contributed by atoms with E-state index in [9.17, 15) is 14.4 Å². The number of hydrogen-bond donors (Lipinski definition) is 2. The molecule has 0 aromatic heterocycles. The van der Waals surface area contributed by atoms with Crippen LogP contribution in [0.3, 0.4) is 0 Å². The first-order valence-electron chi connectivity index (χ1n) is 9.12. The summed E-state index contributed by atoms with van der Waals surface area (Å²) in [6, 6.07) is 5.30. The monoisotopic (exact) mass is 358 g/mol. The van der Waals surface area contributed by atoms with E-state index in [-0.39, 0.29) is 17.8 Å². The van der Waals surface area contributed by atoms with Gasteiger partial charge in [-0.05, 0) is 44.0 Å². The van der Waals surface area contributed by atoms with Crippen molar-refractivity contribution in [1.82, 2.24) is 15.1 Å². The van der Waals surface area contributed by atoms with Crippen LogP contribution in [0.4, 0.5) is 10.5 Å². The molecule has 1 aromatic rings. The maximum absolute atomic E-state index is 12.8. The maximum Gasteiger partial charge on any atom is 0.317 e. The highest BCUT2D eigenvalue weighted by Gasteiger charge is 2.39. The lowest BCUT2D eigenvalue weighted by atomic mass is 9.85. The number of carbonyl (C=O) groups is 3. The topological polar surface area (TPSA) is 81.8 Å². The van der Waals surface area contributed by atoms with Crippen molar-refractivity contribution in [2.75, 3.05) is 38.0 Å². The van der Waals surface area contributed by atoms with Crippen molar-refractivity contribution in [3.63, 3.8) is 0 Å². The second-order valence-corrected chi connectivity index (χ2v) is 7.35. The molecule has 0 spiro atoms. The van der Waals surface area contributed by atoms with E-state index in [1.54, 1.807) is 21.9 Å². The minimum Gasteiger partial charge on any atom is -0.338 e. The van der Waals surface area contributed by atoms with Gasteiger partial charge in [0.1, 0.15) is 0 Å². The van der Waals surface area contributed by atoms with E-state index in [1.165, 1.54) is 0 Å². The molecule has 7 nitrogen and oxygen atoms in total. The highest BCUT2D eigenvalue weighted by Crippen LogP contribution is 2.37. The number of piperazine rings is 1. The summed E-state index contributed by atoms with van der Waals surface area (Å²) in [5.74, 6) is -0.111. The van der Waals surface area contributed by atoms with Crippen LogP contribution in [0.15, 0.2) is 18.2 Å². The molecule has 4 amide bonds. The Bertz CT molecular complexity index is 736. The Morgan fingerprint density at radius 3 is 2.46 bits per heavy atom. The van der Waals surface area contributed by atoms with Crippen molar-refractivity contribution in [3.05, 3.63) is 29.3 Å². The first kappa shape index (κ1) is 18.2. The molecule has 0 atom stereocenters. The Morgan fingerprint density at radius 1 is 1.15 bits per heavy atom. The fourth-order valence-corrected chi connectivity index (χ4v) is 3.34. The molecule has 2 aliphatic heterocycles. The van der Waals surface area contributed by atoms with Gasteiger partial charge in [-0.25, -0.2) is 4.79 Å². The van der Waals surface area contributed by atoms with Crippen LogP contribution in [-0.2, 0) is 10.2 Å². The second-order valence-electron chi connectivity index (χ2n) is 7.35. The zero-order chi connectivity index (χ0) is 18.9. The van der Waals surface area contributed by atoms with E-state index in [0.29, 0.717) is 38.3 Å². The molecule has 2 aliphatic rings. The van der Waals surface area contributed by atoms with Gasteiger partial charge in [0, 0.05) is 44.0 Å². The van der Waals surface area contributed by atoms with Gasteiger partial charge < -0.3 is 20.4 Å². The summed E-state index contributed by atoms with van der Waals surface area (Å²) in [5, 5.41) is 5.72. The second kappa shape index (κ2) is 6.97. The molecule has 26 heavy (non-hydrogen) atoms. The lowest BCUT2D eigenvalue weighted by Gasteiger charge is -2.34. The van der Waals surface area contributed by atoms with Gasteiger partial charge in [-0.2, -0.15) is 0 Å². The zero-order valence-corrected chi connectivity index (χ0v) is 15.6. The maximum atomic E-state index is 12.8. The van der Waals surface area contributed by atoms with Crippen LogP contribution in [0.25, 0.3) is 0 Å². The molecule has 0 unspecified atom stereocenters. The smallest absolute Gasteiger partial charge is 0.317 e. The molecule has 0 radical (unpaired) electrons. The highest BCUT2D eigenvalue weighted by molar-refractivity contribution is 6.07. The molecular weight excluding hydrogens is 332 g/mol. The zero-order valence-electron chi connectivity index (χ0n) is 15.6. The molecule has 1 saturated heterocycles. The molecule has 0 bridgehead atoms. The highest BCUT2D eigenvalue weighted by atomic mass is 16.2. The number of hydrogen-bond acceptors (Lipinski definition) is 3. The van der Waals surface area contributed by atoms with Gasteiger partial charge in [-0.1, -0.05) is 6.92 Å². The predicted molar refractivity (Wildman–Crippen MR) is 99.3 cm³/mol. The molecule has 7 heteroatoms. The Labute approximate surface area is 153 Å². The molecule has 0 saturated carbocycles. The molecule has 2 heterocycles. The summed E-state index contributed by atoms with van der Waals surface area (Å²) >= 11 is 0. The average Bonchev–Trinajstić information content (AvgIpc) is 2.88. The van der Waals surface area contributed by atoms with Gasteiger partial charge in [0.25, 0.3) is 5.91 Å². The van der Waals surface area contributed by atoms with Gasteiger partial charge in [-0.3, -0.25) is 9.59 Å². The largest absolute Gasteiger partial charge is 0.338 e. The van der Waals surface area contributed by atoms with Gasteiger partial charge >= 0.3 is 6.03 Å². The number of benzene rings is 1.